The van der Waals surface area contributed by atoms with Gasteiger partial charge in [0.2, 0.25) is 0 Å². The van der Waals surface area contributed by atoms with Crippen LogP contribution in [0.1, 0.15) is 5.56 Å². The van der Waals surface area contributed by atoms with Crippen LogP contribution in [0.25, 0.3) is 10.9 Å². The molecule has 1 heterocycles. The van der Waals surface area contributed by atoms with Crippen LogP contribution < -0.4 is 5.32 Å². The van der Waals surface area contributed by atoms with Crippen molar-refractivity contribution in [3.05, 3.63) is 71.1 Å². The molecule has 0 atom stereocenters. The molecule has 0 aliphatic rings. The second kappa shape index (κ2) is 6.10. The van der Waals surface area contributed by atoms with Crippen molar-refractivity contribution in [3.63, 3.8) is 0 Å². The van der Waals surface area contributed by atoms with Crippen LogP contribution in [0, 0.1) is 5.82 Å². The molecule has 0 saturated carbocycles. The zero-order valence-electron chi connectivity index (χ0n) is 11.3. The Balaban J connectivity index is 1.75. The minimum atomic E-state index is -0.161. The van der Waals surface area contributed by atoms with Crippen LogP contribution in [0.4, 0.5) is 10.1 Å². The Bertz CT molecular complexity index is 774. The Labute approximate surface area is 127 Å². The molecule has 0 amide bonds. The molecular weight excluding hydrogens is 287 g/mol. The first-order valence-electron chi connectivity index (χ1n) is 6.75. The summed E-state index contributed by atoms with van der Waals surface area (Å²) in [6.45, 7) is 0.655. The summed E-state index contributed by atoms with van der Waals surface area (Å²) in [6.07, 6.45) is 2.37. The summed E-state index contributed by atoms with van der Waals surface area (Å²) in [5, 5.41) is 5.01. The maximum Gasteiger partial charge on any atom is 0.126 e. The number of pyridine rings is 1. The summed E-state index contributed by atoms with van der Waals surface area (Å²) >= 11 is 5.97. The lowest BCUT2D eigenvalue weighted by Crippen LogP contribution is -2.06. The van der Waals surface area contributed by atoms with Gasteiger partial charge in [0.1, 0.15) is 5.82 Å². The molecule has 106 valence electrons. The summed E-state index contributed by atoms with van der Waals surface area (Å²) in [5.74, 6) is -0.161. The molecule has 0 aliphatic carbocycles. The smallest absolute Gasteiger partial charge is 0.126 e. The second-order valence-corrected chi connectivity index (χ2v) is 5.22. The maximum atomic E-state index is 13.6. The summed E-state index contributed by atoms with van der Waals surface area (Å²) in [7, 11) is 0. The van der Waals surface area contributed by atoms with Gasteiger partial charge in [0.25, 0.3) is 0 Å². The molecule has 0 aliphatic heterocycles. The molecule has 0 radical (unpaired) electrons. The van der Waals surface area contributed by atoms with Gasteiger partial charge in [-0.05, 0) is 42.3 Å². The zero-order chi connectivity index (χ0) is 14.7. The van der Waals surface area contributed by atoms with Crippen molar-refractivity contribution < 1.29 is 4.39 Å². The van der Waals surface area contributed by atoms with E-state index in [1.807, 2.05) is 30.3 Å². The first-order chi connectivity index (χ1) is 10.2. The largest absolute Gasteiger partial charge is 0.384 e. The number of nitrogens with zero attached hydrogens (tertiary/aromatic N) is 1. The van der Waals surface area contributed by atoms with E-state index in [1.165, 1.54) is 6.07 Å². The molecule has 2 nitrogen and oxygen atoms in total. The Kier molecular flexibility index (Phi) is 4.02. The number of anilines is 1. The molecular formula is C17H14ClFN2. The van der Waals surface area contributed by atoms with Crippen molar-refractivity contribution >= 4 is 28.2 Å². The molecule has 3 aromatic rings. The minimum Gasteiger partial charge on any atom is -0.384 e. The predicted molar refractivity (Wildman–Crippen MR) is 85.3 cm³/mol. The van der Waals surface area contributed by atoms with Crippen LogP contribution in [0.5, 0.6) is 0 Å². The van der Waals surface area contributed by atoms with Crippen LogP contribution in [-0.2, 0) is 6.42 Å². The predicted octanol–water partition coefficient (Wildman–Crippen LogP) is 4.68. The molecule has 3 rings (SSSR count). The van der Waals surface area contributed by atoms with Crippen LogP contribution in [0.15, 0.2) is 54.7 Å². The van der Waals surface area contributed by atoms with E-state index in [2.05, 4.69) is 10.3 Å². The Morgan fingerprint density at radius 2 is 1.95 bits per heavy atom. The van der Waals surface area contributed by atoms with Crippen molar-refractivity contribution in [2.24, 2.45) is 0 Å². The van der Waals surface area contributed by atoms with Crippen LogP contribution in [0.2, 0.25) is 5.02 Å². The Hall–Kier alpha value is -2.13. The summed E-state index contributed by atoms with van der Waals surface area (Å²) in [6, 6.07) is 14.4. The van der Waals surface area contributed by atoms with Gasteiger partial charge >= 0.3 is 0 Å². The van der Waals surface area contributed by atoms with Crippen molar-refractivity contribution in [2.75, 3.05) is 11.9 Å². The lowest BCUT2D eigenvalue weighted by molar-refractivity contribution is 0.610. The normalized spacial score (nSPS) is 10.8. The van der Waals surface area contributed by atoms with E-state index in [0.29, 0.717) is 23.6 Å². The highest BCUT2D eigenvalue weighted by Gasteiger charge is 2.04. The summed E-state index contributed by atoms with van der Waals surface area (Å²) in [5.41, 5.74) is 2.54. The number of hydrogen-bond acceptors (Lipinski definition) is 2. The van der Waals surface area contributed by atoms with E-state index in [-0.39, 0.29) is 5.82 Å². The van der Waals surface area contributed by atoms with Crippen molar-refractivity contribution in [2.45, 2.75) is 6.42 Å². The van der Waals surface area contributed by atoms with E-state index < -0.39 is 0 Å². The molecule has 0 saturated heterocycles. The van der Waals surface area contributed by atoms with Gasteiger partial charge in [0.05, 0.1) is 5.52 Å². The van der Waals surface area contributed by atoms with Gasteiger partial charge in [-0.1, -0.05) is 29.8 Å². The van der Waals surface area contributed by atoms with Crippen LogP contribution in [-0.4, -0.2) is 11.5 Å². The highest BCUT2D eigenvalue weighted by molar-refractivity contribution is 6.31. The third-order valence-electron chi connectivity index (χ3n) is 3.37. The topological polar surface area (TPSA) is 24.9 Å². The zero-order valence-corrected chi connectivity index (χ0v) is 12.1. The van der Waals surface area contributed by atoms with Crippen molar-refractivity contribution in [1.82, 2.24) is 4.98 Å². The number of aromatic nitrogens is 1. The van der Waals surface area contributed by atoms with Gasteiger partial charge in [0.15, 0.2) is 0 Å². The van der Waals surface area contributed by atoms with E-state index >= 15 is 0 Å². The van der Waals surface area contributed by atoms with E-state index in [0.717, 1.165) is 16.6 Å². The number of halogens is 2. The van der Waals surface area contributed by atoms with Gasteiger partial charge in [0, 0.05) is 28.8 Å². The SMILES string of the molecule is Fc1ccccc1CCNc1ccnc2cc(Cl)ccc12. The van der Waals surface area contributed by atoms with Crippen molar-refractivity contribution in [1.29, 1.82) is 0 Å². The summed E-state index contributed by atoms with van der Waals surface area (Å²) in [4.78, 5) is 4.30. The van der Waals surface area contributed by atoms with Gasteiger partial charge in [-0.15, -0.1) is 0 Å². The third-order valence-corrected chi connectivity index (χ3v) is 3.61. The van der Waals surface area contributed by atoms with Gasteiger partial charge in [-0.3, -0.25) is 4.98 Å². The fraction of sp³-hybridized carbons (Fsp3) is 0.118. The second-order valence-electron chi connectivity index (χ2n) is 4.79. The van der Waals surface area contributed by atoms with Gasteiger partial charge < -0.3 is 5.32 Å². The first kappa shape index (κ1) is 13.8. The molecule has 0 bridgehead atoms. The van der Waals surface area contributed by atoms with E-state index in [4.69, 9.17) is 11.6 Å². The molecule has 21 heavy (non-hydrogen) atoms. The number of nitrogens with one attached hydrogen (secondary N) is 1. The Morgan fingerprint density at radius 1 is 1.10 bits per heavy atom. The molecule has 0 spiro atoms. The van der Waals surface area contributed by atoms with Crippen LogP contribution in [0.3, 0.4) is 0 Å². The average molecular weight is 301 g/mol. The quantitative estimate of drug-likeness (QED) is 0.756. The molecule has 2 aromatic carbocycles. The molecule has 0 unspecified atom stereocenters. The van der Waals surface area contributed by atoms with Crippen LogP contribution >= 0.6 is 11.6 Å². The van der Waals surface area contributed by atoms with E-state index in [9.17, 15) is 4.39 Å². The number of benzene rings is 2. The first-order valence-corrected chi connectivity index (χ1v) is 7.13. The number of fused-ring (bicyclic) bond motifs is 1. The lowest BCUT2D eigenvalue weighted by atomic mass is 10.1. The summed E-state index contributed by atoms with van der Waals surface area (Å²) < 4.78 is 13.6. The highest BCUT2D eigenvalue weighted by Crippen LogP contribution is 2.24. The molecule has 1 N–H and O–H groups in total. The standard InChI is InChI=1S/C17H14ClFN2/c18-13-5-6-14-16(8-10-21-17(14)11-13)20-9-7-12-3-1-2-4-15(12)19/h1-6,8,10-11H,7,9H2,(H,20,21). The highest BCUT2D eigenvalue weighted by atomic mass is 35.5. The molecule has 4 heteroatoms. The molecule has 0 fully saturated rings. The Morgan fingerprint density at radius 3 is 2.81 bits per heavy atom. The van der Waals surface area contributed by atoms with E-state index in [1.54, 1.807) is 18.3 Å². The number of hydrogen-bond donors (Lipinski definition) is 1. The molecule has 1 aromatic heterocycles. The number of rotatable bonds is 4. The minimum absolute atomic E-state index is 0.161. The fourth-order valence-electron chi connectivity index (χ4n) is 2.31. The monoisotopic (exact) mass is 300 g/mol. The van der Waals surface area contributed by atoms with Crippen molar-refractivity contribution in [3.8, 4) is 0 Å². The lowest BCUT2D eigenvalue weighted by Gasteiger charge is -2.10. The maximum absolute atomic E-state index is 13.6. The fourth-order valence-corrected chi connectivity index (χ4v) is 2.47. The van der Waals surface area contributed by atoms with Gasteiger partial charge in [-0.25, -0.2) is 4.39 Å². The van der Waals surface area contributed by atoms with Gasteiger partial charge in [-0.2, -0.15) is 0 Å². The third kappa shape index (κ3) is 3.14. The average Bonchev–Trinajstić information content (AvgIpc) is 2.49.